The Morgan fingerprint density at radius 1 is 1.10 bits per heavy atom. The average Bonchev–Trinajstić information content (AvgIpc) is 3.04. The number of carbonyl (C=O) groups is 1. The van der Waals surface area contributed by atoms with Crippen molar-refractivity contribution < 1.29 is 4.79 Å². The highest BCUT2D eigenvalue weighted by Crippen LogP contribution is 2.17. The standard InChI is InChI=1S/C15H15BrN4O/c16-12-3-5-13(6-4-12)19-14(21)11-9-17-15(18-10-11)20-7-1-2-8-20/h3-6,9-10H,1-2,7-8H2,(H,19,21). The summed E-state index contributed by atoms with van der Waals surface area (Å²) in [6.45, 7) is 1.98. The molecule has 21 heavy (non-hydrogen) atoms. The molecular formula is C15H15BrN4O. The van der Waals surface area contributed by atoms with Crippen LogP contribution in [0.5, 0.6) is 0 Å². The molecular weight excluding hydrogens is 332 g/mol. The molecule has 0 atom stereocenters. The minimum Gasteiger partial charge on any atom is -0.341 e. The Morgan fingerprint density at radius 2 is 1.71 bits per heavy atom. The Labute approximate surface area is 131 Å². The predicted octanol–water partition coefficient (Wildman–Crippen LogP) is 3.09. The number of amides is 1. The van der Waals surface area contributed by atoms with E-state index in [1.165, 1.54) is 12.8 Å². The third-order valence-electron chi connectivity index (χ3n) is 3.39. The lowest BCUT2D eigenvalue weighted by Crippen LogP contribution is -2.21. The van der Waals surface area contributed by atoms with E-state index in [1.54, 1.807) is 12.4 Å². The van der Waals surface area contributed by atoms with Gasteiger partial charge in [0.25, 0.3) is 5.91 Å². The summed E-state index contributed by atoms with van der Waals surface area (Å²) in [6, 6.07) is 7.42. The molecule has 0 spiro atoms. The summed E-state index contributed by atoms with van der Waals surface area (Å²) in [5.74, 6) is 0.498. The number of halogens is 1. The molecule has 0 radical (unpaired) electrons. The Balaban J connectivity index is 1.68. The lowest BCUT2D eigenvalue weighted by molar-refractivity contribution is 0.102. The van der Waals surface area contributed by atoms with Gasteiger partial charge in [0.15, 0.2) is 0 Å². The first-order valence-corrected chi connectivity index (χ1v) is 7.65. The van der Waals surface area contributed by atoms with Crippen molar-refractivity contribution >= 4 is 33.5 Å². The van der Waals surface area contributed by atoms with E-state index in [0.29, 0.717) is 11.5 Å². The lowest BCUT2D eigenvalue weighted by Gasteiger charge is -2.14. The van der Waals surface area contributed by atoms with Gasteiger partial charge < -0.3 is 10.2 Å². The van der Waals surface area contributed by atoms with E-state index >= 15 is 0 Å². The van der Waals surface area contributed by atoms with E-state index in [4.69, 9.17) is 0 Å². The molecule has 0 bridgehead atoms. The van der Waals surface area contributed by atoms with Crippen molar-refractivity contribution in [3.63, 3.8) is 0 Å². The molecule has 0 aliphatic carbocycles. The van der Waals surface area contributed by atoms with Gasteiger partial charge in [0.2, 0.25) is 5.95 Å². The van der Waals surface area contributed by atoms with Gasteiger partial charge >= 0.3 is 0 Å². The highest BCUT2D eigenvalue weighted by Gasteiger charge is 2.15. The zero-order valence-electron chi connectivity index (χ0n) is 11.4. The molecule has 1 aliphatic rings. The Kier molecular flexibility index (Phi) is 4.15. The third kappa shape index (κ3) is 3.39. The van der Waals surface area contributed by atoms with Crippen LogP contribution < -0.4 is 10.2 Å². The van der Waals surface area contributed by atoms with Gasteiger partial charge in [0, 0.05) is 35.6 Å². The van der Waals surface area contributed by atoms with Crippen LogP contribution in [-0.2, 0) is 0 Å². The summed E-state index contributed by atoms with van der Waals surface area (Å²) in [5.41, 5.74) is 1.20. The number of hydrogen-bond donors (Lipinski definition) is 1. The number of nitrogens with one attached hydrogen (secondary N) is 1. The Hall–Kier alpha value is -1.95. The van der Waals surface area contributed by atoms with Crippen LogP contribution in [0.4, 0.5) is 11.6 Å². The van der Waals surface area contributed by atoms with E-state index in [9.17, 15) is 4.79 Å². The van der Waals surface area contributed by atoms with Crippen LogP contribution in [-0.4, -0.2) is 29.0 Å². The molecule has 1 saturated heterocycles. The normalized spacial score (nSPS) is 14.2. The van der Waals surface area contributed by atoms with Crippen LogP contribution in [0.2, 0.25) is 0 Å². The molecule has 1 aromatic heterocycles. The Bertz CT molecular complexity index is 621. The van der Waals surface area contributed by atoms with Gasteiger partial charge in [-0.25, -0.2) is 9.97 Å². The second-order valence-electron chi connectivity index (χ2n) is 4.93. The summed E-state index contributed by atoms with van der Waals surface area (Å²) < 4.78 is 0.971. The largest absolute Gasteiger partial charge is 0.341 e. The first-order chi connectivity index (χ1) is 10.2. The molecule has 5 nitrogen and oxygen atoms in total. The molecule has 1 amide bonds. The number of nitrogens with zero attached hydrogens (tertiary/aromatic N) is 3. The van der Waals surface area contributed by atoms with Gasteiger partial charge in [-0.15, -0.1) is 0 Å². The van der Waals surface area contributed by atoms with Crippen molar-refractivity contribution in [1.82, 2.24) is 9.97 Å². The highest BCUT2D eigenvalue weighted by atomic mass is 79.9. The topological polar surface area (TPSA) is 58.1 Å². The van der Waals surface area contributed by atoms with Gasteiger partial charge in [0.1, 0.15) is 0 Å². The van der Waals surface area contributed by atoms with Crippen LogP contribution in [0.25, 0.3) is 0 Å². The number of anilines is 2. The number of carbonyl (C=O) groups excluding carboxylic acids is 1. The second kappa shape index (κ2) is 6.22. The molecule has 0 unspecified atom stereocenters. The highest BCUT2D eigenvalue weighted by molar-refractivity contribution is 9.10. The predicted molar refractivity (Wildman–Crippen MR) is 85.6 cm³/mol. The van der Waals surface area contributed by atoms with Gasteiger partial charge in [-0.2, -0.15) is 0 Å². The summed E-state index contributed by atoms with van der Waals surface area (Å²) in [4.78, 5) is 22.8. The van der Waals surface area contributed by atoms with Gasteiger partial charge in [-0.3, -0.25) is 4.79 Å². The summed E-state index contributed by atoms with van der Waals surface area (Å²) in [6.07, 6.45) is 5.51. The van der Waals surface area contributed by atoms with E-state index in [2.05, 4.69) is 36.1 Å². The first kappa shape index (κ1) is 14.0. The molecule has 1 fully saturated rings. The molecule has 0 saturated carbocycles. The molecule has 1 aliphatic heterocycles. The zero-order valence-corrected chi connectivity index (χ0v) is 13.0. The van der Waals surface area contributed by atoms with Crippen LogP contribution in [0.15, 0.2) is 41.1 Å². The van der Waals surface area contributed by atoms with Crippen LogP contribution >= 0.6 is 15.9 Å². The second-order valence-corrected chi connectivity index (χ2v) is 5.84. The van der Waals surface area contributed by atoms with E-state index in [1.807, 2.05) is 24.3 Å². The van der Waals surface area contributed by atoms with Crippen LogP contribution in [0.1, 0.15) is 23.2 Å². The minimum absolute atomic E-state index is 0.203. The summed E-state index contributed by atoms with van der Waals surface area (Å²) in [5, 5.41) is 2.82. The molecule has 1 N–H and O–H groups in total. The maximum absolute atomic E-state index is 12.1. The van der Waals surface area contributed by atoms with E-state index < -0.39 is 0 Å². The fourth-order valence-corrected chi connectivity index (χ4v) is 2.52. The van der Waals surface area contributed by atoms with Crippen molar-refractivity contribution in [2.45, 2.75) is 12.8 Å². The molecule has 1 aromatic carbocycles. The van der Waals surface area contributed by atoms with E-state index in [0.717, 1.165) is 23.2 Å². The van der Waals surface area contributed by atoms with Crippen LogP contribution in [0, 0.1) is 0 Å². The fourth-order valence-electron chi connectivity index (χ4n) is 2.26. The minimum atomic E-state index is -0.203. The molecule has 2 heterocycles. The first-order valence-electron chi connectivity index (χ1n) is 6.86. The number of benzene rings is 1. The summed E-state index contributed by atoms with van der Waals surface area (Å²) >= 11 is 3.36. The smallest absolute Gasteiger partial charge is 0.258 e. The van der Waals surface area contributed by atoms with Gasteiger partial charge in [0.05, 0.1) is 5.56 Å². The van der Waals surface area contributed by atoms with Crippen molar-refractivity contribution in [2.24, 2.45) is 0 Å². The molecule has 6 heteroatoms. The molecule has 108 valence electrons. The quantitative estimate of drug-likeness (QED) is 0.927. The fraction of sp³-hybridized carbons (Fsp3) is 0.267. The lowest BCUT2D eigenvalue weighted by atomic mass is 10.3. The number of rotatable bonds is 3. The maximum Gasteiger partial charge on any atom is 0.258 e. The number of hydrogen-bond acceptors (Lipinski definition) is 4. The molecule has 3 rings (SSSR count). The van der Waals surface area contributed by atoms with Crippen molar-refractivity contribution in [3.05, 3.63) is 46.7 Å². The summed E-state index contributed by atoms with van der Waals surface area (Å²) in [7, 11) is 0. The maximum atomic E-state index is 12.1. The van der Waals surface area contributed by atoms with Gasteiger partial charge in [-0.05, 0) is 37.1 Å². The Morgan fingerprint density at radius 3 is 2.33 bits per heavy atom. The van der Waals surface area contributed by atoms with Crippen molar-refractivity contribution in [3.8, 4) is 0 Å². The van der Waals surface area contributed by atoms with Gasteiger partial charge in [-0.1, -0.05) is 15.9 Å². The average molecular weight is 347 g/mol. The monoisotopic (exact) mass is 346 g/mol. The molecule has 2 aromatic rings. The third-order valence-corrected chi connectivity index (χ3v) is 3.92. The van der Waals surface area contributed by atoms with E-state index in [-0.39, 0.29) is 5.91 Å². The van der Waals surface area contributed by atoms with Crippen molar-refractivity contribution in [1.29, 1.82) is 0 Å². The van der Waals surface area contributed by atoms with Crippen molar-refractivity contribution in [2.75, 3.05) is 23.3 Å². The SMILES string of the molecule is O=C(Nc1ccc(Br)cc1)c1cnc(N2CCCC2)nc1. The number of aromatic nitrogens is 2. The zero-order chi connectivity index (χ0) is 14.7. The van der Waals surface area contributed by atoms with Crippen LogP contribution in [0.3, 0.4) is 0 Å².